The number of amides is 2. The molecule has 114 valence electrons. The molecule has 1 aliphatic rings. The summed E-state index contributed by atoms with van der Waals surface area (Å²) >= 11 is 0. The van der Waals surface area contributed by atoms with Gasteiger partial charge in [-0.05, 0) is 32.4 Å². The standard InChI is InChI=1S/C15H20N2O4/c1-4-15(3,20)8-16-14(19)10-6-5-7-11-12(10)21-9(2)13(18)17-11/h5-7,9,20H,4,8H2,1-3H3,(H,16,19)(H,17,18)/t9-,15+/m0/s1. The van der Waals surface area contributed by atoms with E-state index in [4.69, 9.17) is 4.74 Å². The highest BCUT2D eigenvalue weighted by Crippen LogP contribution is 2.33. The van der Waals surface area contributed by atoms with Crippen LogP contribution in [0.5, 0.6) is 5.75 Å². The SMILES string of the molecule is CC[C@@](C)(O)CNC(=O)c1cccc2c1O[C@@H](C)C(=O)N2. The maximum absolute atomic E-state index is 12.3. The van der Waals surface area contributed by atoms with Gasteiger partial charge in [-0.15, -0.1) is 0 Å². The highest BCUT2D eigenvalue weighted by Gasteiger charge is 2.28. The predicted molar refractivity (Wildman–Crippen MR) is 78.4 cm³/mol. The van der Waals surface area contributed by atoms with Crippen LogP contribution in [0.3, 0.4) is 0 Å². The molecule has 0 fully saturated rings. The smallest absolute Gasteiger partial charge is 0.265 e. The van der Waals surface area contributed by atoms with E-state index in [2.05, 4.69) is 10.6 Å². The van der Waals surface area contributed by atoms with Crippen LogP contribution >= 0.6 is 0 Å². The van der Waals surface area contributed by atoms with Crippen LogP contribution in [0.15, 0.2) is 18.2 Å². The van der Waals surface area contributed by atoms with Crippen molar-refractivity contribution >= 4 is 17.5 Å². The zero-order chi connectivity index (χ0) is 15.6. The Labute approximate surface area is 123 Å². The molecule has 0 aliphatic carbocycles. The summed E-state index contributed by atoms with van der Waals surface area (Å²) in [6, 6.07) is 4.97. The number of carbonyl (C=O) groups is 2. The van der Waals surface area contributed by atoms with E-state index < -0.39 is 11.7 Å². The number of para-hydroxylation sites is 1. The summed E-state index contributed by atoms with van der Waals surface area (Å²) in [6.07, 6.45) is -0.116. The van der Waals surface area contributed by atoms with Crippen LogP contribution in [-0.4, -0.2) is 35.2 Å². The van der Waals surface area contributed by atoms with Gasteiger partial charge in [0.15, 0.2) is 11.9 Å². The fraction of sp³-hybridized carbons (Fsp3) is 0.467. The fourth-order valence-electron chi connectivity index (χ4n) is 1.90. The van der Waals surface area contributed by atoms with Gasteiger partial charge in [0.05, 0.1) is 16.9 Å². The molecule has 1 aliphatic heterocycles. The molecule has 0 aromatic heterocycles. The molecule has 2 amide bonds. The maximum Gasteiger partial charge on any atom is 0.265 e. The third-order valence-electron chi connectivity index (χ3n) is 3.57. The number of aliphatic hydroxyl groups is 1. The molecule has 3 N–H and O–H groups in total. The summed E-state index contributed by atoms with van der Waals surface area (Å²) in [5.74, 6) is -0.226. The summed E-state index contributed by atoms with van der Waals surface area (Å²) < 4.78 is 5.52. The van der Waals surface area contributed by atoms with Crippen molar-refractivity contribution in [3.8, 4) is 5.75 Å². The van der Waals surface area contributed by atoms with Crippen molar-refractivity contribution in [3.63, 3.8) is 0 Å². The second-order valence-electron chi connectivity index (χ2n) is 5.46. The van der Waals surface area contributed by atoms with Crippen molar-refractivity contribution in [2.45, 2.75) is 38.9 Å². The molecule has 0 radical (unpaired) electrons. The van der Waals surface area contributed by atoms with Crippen molar-refractivity contribution in [2.24, 2.45) is 0 Å². The van der Waals surface area contributed by atoms with Crippen molar-refractivity contribution in [1.29, 1.82) is 0 Å². The number of benzene rings is 1. The molecule has 0 unspecified atom stereocenters. The Bertz CT molecular complexity index is 569. The quantitative estimate of drug-likeness (QED) is 0.780. The first kappa shape index (κ1) is 15.3. The number of fused-ring (bicyclic) bond motifs is 1. The van der Waals surface area contributed by atoms with Gasteiger partial charge in [0.25, 0.3) is 11.8 Å². The second-order valence-corrected chi connectivity index (χ2v) is 5.46. The highest BCUT2D eigenvalue weighted by atomic mass is 16.5. The third-order valence-corrected chi connectivity index (χ3v) is 3.57. The third kappa shape index (κ3) is 3.33. The molecule has 0 saturated carbocycles. The van der Waals surface area contributed by atoms with Crippen molar-refractivity contribution in [1.82, 2.24) is 5.32 Å². The summed E-state index contributed by atoms with van der Waals surface area (Å²) in [7, 11) is 0. The first-order valence-electron chi connectivity index (χ1n) is 6.95. The van der Waals surface area contributed by atoms with Gasteiger partial charge in [0, 0.05) is 6.54 Å². The zero-order valence-corrected chi connectivity index (χ0v) is 12.4. The average Bonchev–Trinajstić information content (AvgIpc) is 2.45. The molecule has 1 aromatic carbocycles. The minimum atomic E-state index is -0.952. The fourth-order valence-corrected chi connectivity index (χ4v) is 1.90. The van der Waals surface area contributed by atoms with E-state index in [-0.39, 0.29) is 18.4 Å². The van der Waals surface area contributed by atoms with Crippen LogP contribution in [0.2, 0.25) is 0 Å². The van der Waals surface area contributed by atoms with Gasteiger partial charge in [0.1, 0.15) is 0 Å². The Hall–Kier alpha value is -2.08. The van der Waals surface area contributed by atoms with Gasteiger partial charge in [0.2, 0.25) is 0 Å². The first-order valence-corrected chi connectivity index (χ1v) is 6.95. The van der Waals surface area contributed by atoms with Crippen LogP contribution < -0.4 is 15.4 Å². The zero-order valence-electron chi connectivity index (χ0n) is 12.4. The van der Waals surface area contributed by atoms with Gasteiger partial charge in [-0.1, -0.05) is 13.0 Å². The maximum atomic E-state index is 12.3. The largest absolute Gasteiger partial charge is 0.478 e. The lowest BCUT2D eigenvalue weighted by Crippen LogP contribution is -2.41. The van der Waals surface area contributed by atoms with Gasteiger partial charge in [-0.3, -0.25) is 9.59 Å². The Morgan fingerprint density at radius 1 is 1.52 bits per heavy atom. The van der Waals surface area contributed by atoms with Gasteiger partial charge in [-0.25, -0.2) is 0 Å². The molecule has 6 heteroatoms. The summed E-state index contributed by atoms with van der Waals surface area (Å²) in [5.41, 5.74) is -0.133. The van der Waals surface area contributed by atoms with E-state index >= 15 is 0 Å². The highest BCUT2D eigenvalue weighted by molar-refractivity contribution is 6.03. The summed E-state index contributed by atoms with van der Waals surface area (Å²) in [4.78, 5) is 23.8. The van der Waals surface area contributed by atoms with Crippen LogP contribution in [0.4, 0.5) is 5.69 Å². The summed E-state index contributed by atoms with van der Waals surface area (Å²) in [5, 5.41) is 15.3. The Morgan fingerprint density at radius 2 is 2.24 bits per heavy atom. The van der Waals surface area contributed by atoms with Crippen LogP contribution in [0, 0.1) is 0 Å². The Balaban J connectivity index is 2.19. The second kappa shape index (κ2) is 5.73. The van der Waals surface area contributed by atoms with Gasteiger partial charge in [-0.2, -0.15) is 0 Å². The number of nitrogens with one attached hydrogen (secondary N) is 2. The number of rotatable bonds is 4. The molecule has 0 bridgehead atoms. The number of anilines is 1. The van der Waals surface area contributed by atoms with E-state index in [1.807, 2.05) is 6.92 Å². The topological polar surface area (TPSA) is 87.7 Å². The van der Waals surface area contributed by atoms with E-state index in [0.717, 1.165) is 0 Å². The van der Waals surface area contributed by atoms with Crippen molar-refractivity contribution in [3.05, 3.63) is 23.8 Å². The minimum absolute atomic E-state index is 0.147. The normalized spacial score (nSPS) is 19.8. The van der Waals surface area contributed by atoms with Crippen molar-refractivity contribution in [2.75, 3.05) is 11.9 Å². The molecule has 2 atom stereocenters. The molecule has 6 nitrogen and oxygen atoms in total. The lowest BCUT2D eigenvalue weighted by atomic mass is 10.0. The molecule has 21 heavy (non-hydrogen) atoms. The number of hydrogen-bond acceptors (Lipinski definition) is 4. The van der Waals surface area contributed by atoms with E-state index in [1.165, 1.54) is 0 Å². The number of ether oxygens (including phenoxy) is 1. The minimum Gasteiger partial charge on any atom is -0.478 e. The van der Waals surface area contributed by atoms with E-state index in [9.17, 15) is 14.7 Å². The molecule has 0 saturated heterocycles. The molecule has 0 spiro atoms. The van der Waals surface area contributed by atoms with Gasteiger partial charge >= 0.3 is 0 Å². The Morgan fingerprint density at radius 3 is 2.90 bits per heavy atom. The van der Waals surface area contributed by atoms with E-state index in [0.29, 0.717) is 23.4 Å². The average molecular weight is 292 g/mol. The molecule has 1 aromatic rings. The van der Waals surface area contributed by atoms with Gasteiger partial charge < -0.3 is 20.5 Å². The molecule has 1 heterocycles. The molecule has 2 rings (SSSR count). The first-order chi connectivity index (χ1) is 9.84. The molecular formula is C15H20N2O4. The van der Waals surface area contributed by atoms with Crippen LogP contribution in [0.25, 0.3) is 0 Å². The molecular weight excluding hydrogens is 272 g/mol. The van der Waals surface area contributed by atoms with Crippen molar-refractivity contribution < 1.29 is 19.4 Å². The predicted octanol–water partition coefficient (Wildman–Crippen LogP) is 1.30. The number of hydrogen-bond donors (Lipinski definition) is 3. The lowest BCUT2D eigenvalue weighted by molar-refractivity contribution is -0.122. The lowest BCUT2D eigenvalue weighted by Gasteiger charge is -2.26. The summed E-state index contributed by atoms with van der Waals surface area (Å²) in [6.45, 7) is 5.27. The number of carbonyl (C=O) groups excluding carboxylic acids is 2. The monoisotopic (exact) mass is 292 g/mol. The Kier molecular flexibility index (Phi) is 4.18. The van der Waals surface area contributed by atoms with Crippen LogP contribution in [-0.2, 0) is 4.79 Å². The van der Waals surface area contributed by atoms with Crippen LogP contribution in [0.1, 0.15) is 37.6 Å². The van der Waals surface area contributed by atoms with E-state index in [1.54, 1.807) is 32.0 Å².